The number of anilines is 1. The summed E-state index contributed by atoms with van der Waals surface area (Å²) in [6.45, 7) is 14.6. The van der Waals surface area contributed by atoms with E-state index >= 15 is 0 Å². The zero-order chi connectivity index (χ0) is 29.0. The highest BCUT2D eigenvalue weighted by Gasteiger charge is 2.21. The average Bonchev–Trinajstić information content (AvgIpc) is 3.24. The predicted molar refractivity (Wildman–Crippen MR) is 163 cm³/mol. The monoisotopic (exact) mass is 539 g/mol. The Morgan fingerprint density at radius 2 is 1.77 bits per heavy atom. The number of carbonyl (C=O) groups excluding carboxylic acids is 2. The summed E-state index contributed by atoms with van der Waals surface area (Å²) in [5, 5.41) is 0. The standard InChI is InChI=1S/C34H41N3O3/c1-8-9-14-31-35-32-24(4)19-27(37(22-38)23(2)3)20-30(32)36(31)21-25-15-17-26(18-16-25)28-12-10-11-13-29(28)33(39)40-34(5,6)7/h10-13,15-20,22-23H,8-9,14,21H2,1-7H3. The van der Waals surface area contributed by atoms with Gasteiger partial charge in [0.15, 0.2) is 0 Å². The zero-order valence-corrected chi connectivity index (χ0v) is 24.8. The number of hydrogen-bond acceptors (Lipinski definition) is 4. The molecule has 0 N–H and O–H groups in total. The Balaban J connectivity index is 1.71. The molecule has 3 aromatic carbocycles. The van der Waals surface area contributed by atoms with E-state index in [9.17, 15) is 9.59 Å². The van der Waals surface area contributed by atoms with Gasteiger partial charge in [0.2, 0.25) is 6.41 Å². The Kier molecular flexibility index (Phi) is 8.77. The maximum Gasteiger partial charge on any atom is 0.339 e. The van der Waals surface area contributed by atoms with Crippen molar-refractivity contribution in [2.45, 2.75) is 85.9 Å². The van der Waals surface area contributed by atoms with Gasteiger partial charge >= 0.3 is 5.97 Å². The van der Waals surface area contributed by atoms with Gasteiger partial charge < -0.3 is 14.2 Å². The van der Waals surface area contributed by atoms with Crippen LogP contribution in [0.15, 0.2) is 60.7 Å². The zero-order valence-electron chi connectivity index (χ0n) is 24.8. The van der Waals surface area contributed by atoms with Gasteiger partial charge in [0.1, 0.15) is 11.4 Å². The summed E-state index contributed by atoms with van der Waals surface area (Å²) in [4.78, 5) is 31.6. The van der Waals surface area contributed by atoms with Crippen LogP contribution in [0.3, 0.4) is 0 Å². The molecule has 0 fully saturated rings. The molecule has 1 heterocycles. The van der Waals surface area contributed by atoms with Crippen molar-refractivity contribution in [2.75, 3.05) is 4.90 Å². The second-order valence-electron chi connectivity index (χ2n) is 11.7. The summed E-state index contributed by atoms with van der Waals surface area (Å²) in [5.41, 5.74) is 6.90. The number of nitrogens with zero attached hydrogens (tertiary/aromatic N) is 3. The maximum atomic E-state index is 12.9. The van der Waals surface area contributed by atoms with E-state index in [-0.39, 0.29) is 12.0 Å². The fourth-order valence-corrected chi connectivity index (χ4v) is 4.97. The van der Waals surface area contributed by atoms with Crippen molar-refractivity contribution >= 4 is 29.1 Å². The summed E-state index contributed by atoms with van der Waals surface area (Å²) in [6.07, 6.45) is 3.94. The number of fused-ring (bicyclic) bond motifs is 1. The molecule has 1 amide bonds. The topological polar surface area (TPSA) is 64.4 Å². The van der Waals surface area contributed by atoms with Crippen LogP contribution >= 0.6 is 0 Å². The second kappa shape index (κ2) is 12.1. The highest BCUT2D eigenvalue weighted by atomic mass is 16.6. The van der Waals surface area contributed by atoms with Gasteiger partial charge in [0.25, 0.3) is 0 Å². The van der Waals surface area contributed by atoms with Crippen molar-refractivity contribution in [3.05, 3.63) is 83.2 Å². The number of ether oxygens (including phenoxy) is 1. The van der Waals surface area contributed by atoms with Gasteiger partial charge in [-0.2, -0.15) is 0 Å². The SMILES string of the molecule is CCCCc1nc2c(C)cc(N(C=O)C(C)C)cc2n1Cc1ccc(-c2ccccc2C(=O)OC(C)(C)C)cc1. The lowest BCUT2D eigenvalue weighted by Crippen LogP contribution is -2.29. The largest absolute Gasteiger partial charge is 0.456 e. The summed E-state index contributed by atoms with van der Waals surface area (Å²) < 4.78 is 7.94. The first-order valence-electron chi connectivity index (χ1n) is 14.2. The minimum absolute atomic E-state index is 0.0568. The molecule has 0 radical (unpaired) electrons. The van der Waals surface area contributed by atoms with E-state index in [1.165, 1.54) is 0 Å². The van der Waals surface area contributed by atoms with E-state index in [2.05, 4.69) is 54.8 Å². The lowest BCUT2D eigenvalue weighted by molar-refractivity contribution is -0.107. The number of rotatable bonds is 10. The van der Waals surface area contributed by atoms with E-state index in [1.54, 1.807) is 4.90 Å². The second-order valence-corrected chi connectivity index (χ2v) is 11.7. The van der Waals surface area contributed by atoms with E-state index in [0.717, 1.165) is 70.5 Å². The maximum absolute atomic E-state index is 12.9. The highest BCUT2D eigenvalue weighted by molar-refractivity contribution is 5.97. The van der Waals surface area contributed by atoms with Crippen molar-refractivity contribution in [2.24, 2.45) is 0 Å². The first-order chi connectivity index (χ1) is 19.0. The molecule has 0 atom stereocenters. The Bertz CT molecular complexity index is 1490. The molecule has 210 valence electrons. The minimum Gasteiger partial charge on any atom is -0.456 e. The van der Waals surface area contributed by atoms with Gasteiger partial charge in [-0.25, -0.2) is 9.78 Å². The van der Waals surface area contributed by atoms with Crippen LogP contribution in [0, 0.1) is 6.92 Å². The van der Waals surface area contributed by atoms with Crippen LogP contribution in [0.25, 0.3) is 22.2 Å². The van der Waals surface area contributed by atoms with E-state index in [4.69, 9.17) is 9.72 Å². The molecule has 0 spiro atoms. The summed E-state index contributed by atoms with van der Waals surface area (Å²) in [7, 11) is 0. The van der Waals surface area contributed by atoms with Crippen LogP contribution in [0.5, 0.6) is 0 Å². The summed E-state index contributed by atoms with van der Waals surface area (Å²) in [5.74, 6) is 0.730. The number of aromatic nitrogens is 2. The number of esters is 1. The molecule has 4 rings (SSSR count). The molecule has 6 nitrogen and oxygen atoms in total. The number of amides is 1. The minimum atomic E-state index is -0.562. The van der Waals surface area contributed by atoms with E-state index < -0.39 is 5.60 Å². The first-order valence-corrected chi connectivity index (χ1v) is 14.2. The van der Waals surface area contributed by atoms with Crippen LogP contribution in [0.1, 0.15) is 81.7 Å². The normalized spacial score (nSPS) is 11.7. The molecule has 0 unspecified atom stereocenters. The number of carbonyl (C=O) groups is 2. The fourth-order valence-electron chi connectivity index (χ4n) is 4.97. The van der Waals surface area contributed by atoms with Crippen LogP contribution in [0.4, 0.5) is 5.69 Å². The molecule has 0 aliphatic rings. The smallest absolute Gasteiger partial charge is 0.339 e. The van der Waals surface area contributed by atoms with Gasteiger partial charge in [-0.05, 0) is 88.4 Å². The Morgan fingerprint density at radius 3 is 2.40 bits per heavy atom. The van der Waals surface area contributed by atoms with Crippen LogP contribution in [-0.2, 0) is 22.5 Å². The quantitative estimate of drug-likeness (QED) is 0.153. The molecule has 0 saturated carbocycles. The summed E-state index contributed by atoms with van der Waals surface area (Å²) in [6, 6.07) is 20.1. The molecule has 0 aliphatic heterocycles. The van der Waals surface area contributed by atoms with E-state index in [1.807, 2.05) is 58.9 Å². The Labute approximate surface area is 238 Å². The van der Waals surface area contributed by atoms with Crippen molar-refractivity contribution < 1.29 is 14.3 Å². The van der Waals surface area contributed by atoms with Crippen molar-refractivity contribution in [1.29, 1.82) is 0 Å². The molecule has 6 heteroatoms. The van der Waals surface area contributed by atoms with Crippen molar-refractivity contribution in [3.8, 4) is 11.1 Å². The van der Waals surface area contributed by atoms with Crippen LogP contribution in [-0.4, -0.2) is 33.6 Å². The molecule has 0 saturated heterocycles. The van der Waals surface area contributed by atoms with Gasteiger partial charge in [-0.1, -0.05) is 55.8 Å². The molecular formula is C34H41N3O3. The molecule has 1 aromatic heterocycles. The average molecular weight is 540 g/mol. The number of aryl methyl sites for hydroxylation is 2. The number of unbranched alkanes of at least 4 members (excludes halogenated alkanes) is 1. The van der Waals surface area contributed by atoms with Crippen molar-refractivity contribution in [1.82, 2.24) is 9.55 Å². The third-order valence-electron chi connectivity index (χ3n) is 6.98. The number of benzene rings is 3. The summed E-state index contributed by atoms with van der Waals surface area (Å²) >= 11 is 0. The Hall–Kier alpha value is -3.93. The first kappa shape index (κ1) is 29.1. The van der Waals surface area contributed by atoms with Gasteiger partial charge in [0.05, 0.1) is 16.6 Å². The molecule has 4 aromatic rings. The van der Waals surface area contributed by atoms with Crippen LogP contribution < -0.4 is 4.90 Å². The molecular weight excluding hydrogens is 498 g/mol. The predicted octanol–water partition coefficient (Wildman–Crippen LogP) is 7.73. The van der Waals surface area contributed by atoms with Gasteiger partial charge in [-0.15, -0.1) is 0 Å². The van der Waals surface area contributed by atoms with Crippen LogP contribution in [0.2, 0.25) is 0 Å². The van der Waals surface area contributed by atoms with E-state index in [0.29, 0.717) is 12.1 Å². The van der Waals surface area contributed by atoms with Gasteiger partial charge in [-0.3, -0.25) is 4.79 Å². The fraction of sp³-hybridized carbons (Fsp3) is 0.382. The highest BCUT2D eigenvalue weighted by Crippen LogP contribution is 2.30. The lowest BCUT2D eigenvalue weighted by Gasteiger charge is -2.22. The molecule has 0 bridgehead atoms. The lowest BCUT2D eigenvalue weighted by atomic mass is 9.98. The molecule has 40 heavy (non-hydrogen) atoms. The third-order valence-corrected chi connectivity index (χ3v) is 6.98. The van der Waals surface area contributed by atoms with Crippen molar-refractivity contribution in [3.63, 3.8) is 0 Å². The Morgan fingerprint density at radius 1 is 1.07 bits per heavy atom. The third kappa shape index (κ3) is 6.44. The van der Waals surface area contributed by atoms with Gasteiger partial charge in [0, 0.05) is 24.7 Å². The number of imidazole rings is 1. The number of hydrogen-bond donors (Lipinski definition) is 0. The molecule has 0 aliphatic carbocycles.